The van der Waals surface area contributed by atoms with Gasteiger partial charge in [0.05, 0.1) is 30.7 Å². The summed E-state index contributed by atoms with van der Waals surface area (Å²) in [5, 5.41) is 19.5. The molecule has 0 aliphatic rings. The fraction of sp³-hybridized carbons (Fsp3) is 0.286. The SMILES string of the molecule is N#CCCN(CCC#N)C(=O)C=Cc1c(Cl)nc2sccn12. The van der Waals surface area contributed by atoms with Crippen molar-refractivity contribution < 1.29 is 4.79 Å². The van der Waals surface area contributed by atoms with Crippen molar-refractivity contribution in [1.82, 2.24) is 14.3 Å². The second kappa shape index (κ2) is 7.60. The van der Waals surface area contributed by atoms with E-state index in [2.05, 4.69) is 4.98 Å². The molecule has 2 rings (SSSR count). The van der Waals surface area contributed by atoms with Crippen LogP contribution in [0, 0.1) is 22.7 Å². The number of halogens is 1. The van der Waals surface area contributed by atoms with E-state index in [1.54, 1.807) is 10.5 Å². The van der Waals surface area contributed by atoms with Gasteiger partial charge in [-0.2, -0.15) is 10.5 Å². The lowest BCUT2D eigenvalue weighted by Gasteiger charge is -2.18. The standard InChI is InChI=1S/C14H12ClN5OS/c15-13-11(20-9-10-22-14(20)18-13)3-4-12(21)19(7-1-5-16)8-2-6-17/h3-4,9-10H,1-2,7-8H2. The molecule has 0 bridgehead atoms. The molecule has 0 N–H and O–H groups in total. The number of hydrogen-bond donors (Lipinski definition) is 0. The highest BCUT2D eigenvalue weighted by atomic mass is 35.5. The Morgan fingerprint density at radius 3 is 2.73 bits per heavy atom. The van der Waals surface area contributed by atoms with Crippen LogP contribution in [-0.4, -0.2) is 33.3 Å². The minimum absolute atomic E-state index is 0.229. The van der Waals surface area contributed by atoms with Gasteiger partial charge in [-0.25, -0.2) is 4.98 Å². The number of hydrogen-bond acceptors (Lipinski definition) is 5. The molecule has 0 fully saturated rings. The molecule has 0 aliphatic carbocycles. The van der Waals surface area contributed by atoms with Gasteiger partial charge in [0, 0.05) is 30.7 Å². The van der Waals surface area contributed by atoms with Crippen LogP contribution in [-0.2, 0) is 4.79 Å². The van der Waals surface area contributed by atoms with Crippen LogP contribution in [0.15, 0.2) is 17.7 Å². The lowest BCUT2D eigenvalue weighted by atomic mass is 10.3. The molecule has 22 heavy (non-hydrogen) atoms. The summed E-state index contributed by atoms with van der Waals surface area (Å²) < 4.78 is 1.80. The van der Waals surface area contributed by atoms with Crippen LogP contribution >= 0.6 is 22.9 Å². The van der Waals surface area contributed by atoms with Gasteiger partial charge in [-0.1, -0.05) is 11.6 Å². The highest BCUT2D eigenvalue weighted by Crippen LogP contribution is 2.22. The van der Waals surface area contributed by atoms with Crippen LogP contribution in [0.2, 0.25) is 5.15 Å². The maximum atomic E-state index is 12.2. The first kappa shape index (κ1) is 16.0. The number of carbonyl (C=O) groups is 1. The molecule has 2 aromatic rings. The number of nitrogens with zero attached hydrogens (tertiary/aromatic N) is 5. The fourth-order valence-electron chi connectivity index (χ4n) is 1.88. The number of carbonyl (C=O) groups excluding carboxylic acids is 1. The third-order valence-corrected chi connectivity index (χ3v) is 3.97. The Bertz CT molecular complexity index is 761. The van der Waals surface area contributed by atoms with E-state index in [0.29, 0.717) is 23.9 Å². The summed E-state index contributed by atoms with van der Waals surface area (Å²) in [5.41, 5.74) is 0.631. The van der Waals surface area contributed by atoms with Gasteiger partial charge in [-0.05, 0) is 6.08 Å². The molecule has 0 atom stereocenters. The Balaban J connectivity index is 2.14. The van der Waals surface area contributed by atoms with E-state index in [4.69, 9.17) is 22.1 Å². The first-order valence-corrected chi connectivity index (χ1v) is 7.75. The van der Waals surface area contributed by atoms with Crippen molar-refractivity contribution in [2.75, 3.05) is 13.1 Å². The molecule has 0 aromatic carbocycles. The number of fused-ring (bicyclic) bond motifs is 1. The number of aromatic nitrogens is 2. The number of nitriles is 2. The van der Waals surface area contributed by atoms with Crippen LogP contribution < -0.4 is 0 Å². The summed E-state index contributed by atoms with van der Waals surface area (Å²) in [6, 6.07) is 3.99. The summed E-state index contributed by atoms with van der Waals surface area (Å²) in [6.07, 6.45) is 5.28. The molecule has 0 unspecified atom stereocenters. The molecule has 2 aromatic heterocycles. The second-order valence-corrected chi connectivity index (χ2v) is 5.55. The van der Waals surface area contributed by atoms with E-state index >= 15 is 0 Å². The zero-order valence-corrected chi connectivity index (χ0v) is 13.1. The third kappa shape index (κ3) is 3.64. The summed E-state index contributed by atoms with van der Waals surface area (Å²) in [5.74, 6) is -0.258. The molecular formula is C14H12ClN5OS. The van der Waals surface area contributed by atoms with E-state index in [0.717, 1.165) is 4.96 Å². The highest BCUT2D eigenvalue weighted by Gasteiger charge is 2.12. The lowest BCUT2D eigenvalue weighted by molar-refractivity contribution is -0.125. The van der Waals surface area contributed by atoms with Gasteiger partial charge in [0.15, 0.2) is 10.1 Å². The predicted molar refractivity (Wildman–Crippen MR) is 84.2 cm³/mol. The van der Waals surface area contributed by atoms with Crippen molar-refractivity contribution in [1.29, 1.82) is 10.5 Å². The van der Waals surface area contributed by atoms with Crippen LogP contribution in [0.25, 0.3) is 11.0 Å². The van der Waals surface area contributed by atoms with Gasteiger partial charge >= 0.3 is 0 Å². The zero-order chi connectivity index (χ0) is 15.9. The highest BCUT2D eigenvalue weighted by molar-refractivity contribution is 7.15. The molecule has 8 heteroatoms. The Morgan fingerprint density at radius 2 is 2.09 bits per heavy atom. The lowest BCUT2D eigenvalue weighted by Crippen LogP contribution is -2.31. The van der Waals surface area contributed by atoms with Gasteiger partial charge in [0.1, 0.15) is 0 Å². The molecule has 0 spiro atoms. The van der Waals surface area contributed by atoms with E-state index < -0.39 is 0 Å². The molecular weight excluding hydrogens is 322 g/mol. The molecule has 6 nitrogen and oxygen atoms in total. The average Bonchev–Trinajstić information content (AvgIpc) is 3.06. The van der Waals surface area contributed by atoms with Crippen molar-refractivity contribution in [2.24, 2.45) is 0 Å². The maximum Gasteiger partial charge on any atom is 0.246 e. The minimum atomic E-state index is -0.258. The smallest absolute Gasteiger partial charge is 0.246 e. The number of imidazole rings is 1. The van der Waals surface area contributed by atoms with Gasteiger partial charge in [-0.15, -0.1) is 11.3 Å². The van der Waals surface area contributed by atoms with Crippen molar-refractivity contribution in [3.05, 3.63) is 28.5 Å². The van der Waals surface area contributed by atoms with Gasteiger partial charge < -0.3 is 4.90 Å². The molecule has 112 valence electrons. The summed E-state index contributed by atoms with van der Waals surface area (Å²) in [6.45, 7) is 0.602. The largest absolute Gasteiger partial charge is 0.337 e. The van der Waals surface area contributed by atoms with Gasteiger partial charge in [0.2, 0.25) is 5.91 Å². The number of thiazole rings is 1. The molecule has 0 saturated heterocycles. The summed E-state index contributed by atoms with van der Waals surface area (Å²) in [7, 11) is 0. The third-order valence-electron chi connectivity index (χ3n) is 2.94. The van der Waals surface area contributed by atoms with Crippen molar-refractivity contribution in [3.63, 3.8) is 0 Å². The predicted octanol–water partition coefficient (Wildman–Crippen LogP) is 2.72. The monoisotopic (exact) mass is 333 g/mol. The first-order valence-electron chi connectivity index (χ1n) is 6.49. The van der Waals surface area contributed by atoms with Crippen molar-refractivity contribution >= 4 is 39.9 Å². The van der Waals surface area contributed by atoms with Gasteiger partial charge in [-0.3, -0.25) is 9.20 Å². The number of amides is 1. The molecule has 0 saturated carbocycles. The maximum absolute atomic E-state index is 12.2. The molecule has 1 amide bonds. The Kier molecular flexibility index (Phi) is 5.54. The first-order chi connectivity index (χ1) is 10.7. The zero-order valence-electron chi connectivity index (χ0n) is 11.6. The topological polar surface area (TPSA) is 85.2 Å². The Labute approximate surface area is 136 Å². The molecule has 0 aliphatic heterocycles. The fourth-order valence-corrected chi connectivity index (χ4v) is 2.89. The van der Waals surface area contributed by atoms with E-state index in [-0.39, 0.29) is 18.7 Å². The number of rotatable bonds is 6. The summed E-state index contributed by atoms with van der Waals surface area (Å²) >= 11 is 7.50. The van der Waals surface area contributed by atoms with Gasteiger partial charge in [0.25, 0.3) is 0 Å². The van der Waals surface area contributed by atoms with Crippen molar-refractivity contribution in [2.45, 2.75) is 12.8 Å². The van der Waals surface area contributed by atoms with Crippen LogP contribution in [0.5, 0.6) is 0 Å². The molecule has 0 radical (unpaired) electrons. The van der Waals surface area contributed by atoms with E-state index in [9.17, 15) is 4.79 Å². The van der Waals surface area contributed by atoms with E-state index in [1.807, 2.05) is 23.7 Å². The normalized spacial score (nSPS) is 10.7. The molecule has 2 heterocycles. The van der Waals surface area contributed by atoms with Crippen LogP contribution in [0.4, 0.5) is 0 Å². The minimum Gasteiger partial charge on any atom is -0.337 e. The quantitative estimate of drug-likeness (QED) is 0.761. The second-order valence-electron chi connectivity index (χ2n) is 4.32. The Morgan fingerprint density at radius 1 is 1.41 bits per heavy atom. The average molecular weight is 334 g/mol. The Hall–Kier alpha value is -2.35. The summed E-state index contributed by atoms with van der Waals surface area (Å²) in [4.78, 5) is 18.6. The van der Waals surface area contributed by atoms with Crippen LogP contribution in [0.3, 0.4) is 0 Å². The van der Waals surface area contributed by atoms with E-state index in [1.165, 1.54) is 22.3 Å². The van der Waals surface area contributed by atoms with Crippen LogP contribution in [0.1, 0.15) is 18.5 Å². The van der Waals surface area contributed by atoms with Crippen molar-refractivity contribution in [3.8, 4) is 12.1 Å².